The van der Waals surface area contributed by atoms with Crippen LogP contribution in [-0.2, 0) is 52.4 Å². The number of oxime groups is 1. The van der Waals surface area contributed by atoms with Crippen LogP contribution in [0.25, 0.3) is 0 Å². The number of esters is 1. The summed E-state index contributed by atoms with van der Waals surface area (Å²) in [5.41, 5.74) is -2.10. The number of hydrogen-bond donors (Lipinski definition) is 5. The molecule has 4 aliphatic heterocycles. The van der Waals surface area contributed by atoms with E-state index in [0.29, 0.717) is 37.1 Å². The number of aliphatic hydroxyl groups excluding tert-OH is 3. The van der Waals surface area contributed by atoms with Gasteiger partial charge in [-0.15, -0.1) is 0 Å². The van der Waals surface area contributed by atoms with Gasteiger partial charge < -0.3 is 68.6 Å². The zero-order valence-electron chi connectivity index (χ0n) is 45.7. The summed E-state index contributed by atoms with van der Waals surface area (Å²) < 4.78 is 59.3. The van der Waals surface area contributed by atoms with E-state index in [1.165, 1.54) is 21.1 Å². The fourth-order valence-corrected chi connectivity index (χ4v) is 12.0. The van der Waals surface area contributed by atoms with E-state index in [2.05, 4.69) is 15.4 Å². The molecular weight excluding hydrogens is 950 g/mol. The first-order chi connectivity index (χ1) is 34.3. The van der Waals surface area contributed by atoms with Crippen LogP contribution in [0.3, 0.4) is 0 Å². The van der Waals surface area contributed by atoms with Gasteiger partial charge in [0.25, 0.3) is 0 Å². The second-order valence-corrected chi connectivity index (χ2v) is 22.1. The topological polar surface area (TPSA) is 234 Å². The number of alkyl halides is 1. The van der Waals surface area contributed by atoms with Gasteiger partial charge in [0.15, 0.2) is 12.4 Å². The van der Waals surface area contributed by atoms with E-state index in [0.717, 1.165) is 5.56 Å². The van der Waals surface area contributed by atoms with Gasteiger partial charge in [0.05, 0.1) is 66.0 Å². The van der Waals surface area contributed by atoms with E-state index in [9.17, 15) is 39.2 Å². The average Bonchev–Trinajstić information content (AvgIpc) is 3.86. The van der Waals surface area contributed by atoms with E-state index in [-0.39, 0.29) is 56.1 Å². The molecule has 1 unspecified atom stereocenters. The van der Waals surface area contributed by atoms with E-state index >= 15 is 0 Å². The SMILES string of the molecule is CC[C@H]1OC(=O)[C@H](C)C([C@H]2C[C@@](C)(OC)[C@@H](O)[C@H](C)O2)[C@H](C)[C@@H](O[C@H]2C[C@@H](N(C)CCC(=O)N[C@H](CF)[C@H](OC)c3ccc(C4=NO[C@H](CO)C4)cc3)C[C@@H](C)O2)[C@](C)(OC)C[C@@H](C)C(=O)[C@H](C)[C@@H](O)[C@]1(C)O. The van der Waals surface area contributed by atoms with Crippen LogP contribution in [0.1, 0.15) is 131 Å². The molecule has 1 aromatic carbocycles. The summed E-state index contributed by atoms with van der Waals surface area (Å²) in [5.74, 6) is -5.26. The maximum Gasteiger partial charge on any atom is 0.309 e. The average molecular weight is 1040 g/mol. The van der Waals surface area contributed by atoms with Crippen LogP contribution in [0.15, 0.2) is 29.4 Å². The Hall–Kier alpha value is -3.21. The predicted molar refractivity (Wildman–Crippen MR) is 269 cm³/mol. The van der Waals surface area contributed by atoms with Crippen LogP contribution in [-0.4, -0.2) is 181 Å². The van der Waals surface area contributed by atoms with Crippen LogP contribution in [0.2, 0.25) is 0 Å². The number of ketones is 1. The summed E-state index contributed by atoms with van der Waals surface area (Å²) in [6, 6.07) is 6.16. The number of cyclic esters (lactones) is 1. The number of nitrogens with one attached hydrogen (secondary N) is 1. The molecule has 3 saturated heterocycles. The van der Waals surface area contributed by atoms with Crippen molar-refractivity contribution in [2.45, 2.75) is 204 Å². The molecule has 4 aliphatic rings. The number of carbonyl (C=O) groups is 3. The second-order valence-electron chi connectivity index (χ2n) is 22.1. The third-order valence-corrected chi connectivity index (χ3v) is 16.8. The number of amides is 1. The normalized spacial score (nSPS) is 40.0. The van der Waals surface area contributed by atoms with Gasteiger partial charge in [-0.1, -0.05) is 64.0 Å². The van der Waals surface area contributed by atoms with Gasteiger partial charge in [-0.25, -0.2) is 4.39 Å². The minimum atomic E-state index is -1.98. The molecule has 5 rings (SSSR count). The predicted octanol–water partition coefficient (Wildman–Crippen LogP) is 4.83. The molecular formula is C54H88FN3O15. The number of nitrogens with zero attached hydrogens (tertiary/aromatic N) is 2. The molecule has 73 heavy (non-hydrogen) atoms. The summed E-state index contributed by atoms with van der Waals surface area (Å²) in [7, 11) is 6.46. The van der Waals surface area contributed by atoms with Crippen molar-refractivity contribution in [2.75, 3.05) is 48.2 Å². The molecule has 0 aromatic heterocycles. The zero-order valence-corrected chi connectivity index (χ0v) is 45.7. The van der Waals surface area contributed by atoms with Crippen molar-refractivity contribution in [2.24, 2.45) is 34.7 Å². The van der Waals surface area contributed by atoms with E-state index in [1.54, 1.807) is 60.8 Å². The fourth-order valence-electron chi connectivity index (χ4n) is 12.0. The summed E-state index contributed by atoms with van der Waals surface area (Å²) in [5, 5.41) is 51.1. The van der Waals surface area contributed by atoms with Crippen LogP contribution in [0.4, 0.5) is 4.39 Å². The number of hydrogen-bond acceptors (Lipinski definition) is 17. The minimum Gasteiger partial charge on any atom is -0.459 e. The standard InChI is InChI=1S/C54H88FN3O15/c1-15-42-54(10,65)48(62)33(6)46(61)29(2)25-53(9,68-14)50(31(4)45(32(5)51(64)71-42)41-26-52(8,67-13)49(63)34(7)70-41)72-44-23-37(22-30(3)69-44)58(11)21-20-43(60)56-40(27-55)47(66-12)36-18-16-35(17-19-36)39-24-38(28-59)73-57-39/h16-19,29-34,37-38,40-42,44-45,47-50,59,62-63,65H,15,20-28H2,1-14H3,(H,56,60)/t29-,30-,31+,32-,33+,34+,37+,38+,40-,41-,42-,44+,45?,47-,48-,49+,50-,52-,53-,54-/m1/s1. The molecule has 20 atom stereocenters. The number of benzene rings is 1. The largest absolute Gasteiger partial charge is 0.459 e. The van der Waals surface area contributed by atoms with E-state index in [4.69, 9.17) is 38.0 Å². The fraction of sp³-hybridized carbons (Fsp3) is 0.815. The van der Waals surface area contributed by atoms with Crippen molar-refractivity contribution < 1.29 is 77.2 Å². The Balaban J connectivity index is 1.40. The van der Waals surface area contributed by atoms with Gasteiger partial charge in [-0.3, -0.25) is 14.4 Å². The Morgan fingerprint density at radius 1 is 0.945 bits per heavy atom. The Labute approximate surface area is 432 Å². The highest BCUT2D eigenvalue weighted by molar-refractivity contribution is 6.01. The highest BCUT2D eigenvalue weighted by Gasteiger charge is 2.55. The summed E-state index contributed by atoms with van der Waals surface area (Å²) >= 11 is 0. The number of rotatable bonds is 17. The Morgan fingerprint density at radius 2 is 1.60 bits per heavy atom. The Morgan fingerprint density at radius 3 is 2.18 bits per heavy atom. The highest BCUT2D eigenvalue weighted by Crippen LogP contribution is 2.46. The van der Waals surface area contributed by atoms with Crippen LogP contribution in [0, 0.1) is 29.6 Å². The van der Waals surface area contributed by atoms with Crippen molar-refractivity contribution in [1.82, 2.24) is 10.2 Å². The summed E-state index contributed by atoms with van der Waals surface area (Å²) in [6.45, 7) is 16.8. The van der Waals surface area contributed by atoms with E-state index in [1.807, 2.05) is 40.0 Å². The smallest absolute Gasteiger partial charge is 0.309 e. The Bertz CT molecular complexity index is 2000. The molecule has 3 fully saturated rings. The number of ether oxygens (including phenoxy) is 7. The third kappa shape index (κ3) is 13.9. The van der Waals surface area contributed by atoms with Crippen LogP contribution < -0.4 is 5.32 Å². The van der Waals surface area contributed by atoms with Gasteiger partial charge in [-0.05, 0) is 78.0 Å². The molecule has 0 aliphatic carbocycles. The van der Waals surface area contributed by atoms with Crippen molar-refractivity contribution in [3.8, 4) is 0 Å². The monoisotopic (exact) mass is 1040 g/mol. The lowest BCUT2D eigenvalue weighted by atomic mass is 9.67. The van der Waals surface area contributed by atoms with Gasteiger partial charge >= 0.3 is 5.97 Å². The third-order valence-electron chi connectivity index (χ3n) is 16.8. The zero-order chi connectivity index (χ0) is 54.3. The number of Topliss-reactive ketones (excluding diaryl/α,β-unsaturated/α-hetero) is 1. The molecule has 0 spiro atoms. The first-order valence-corrected chi connectivity index (χ1v) is 26.2. The van der Waals surface area contributed by atoms with Crippen LogP contribution in [0.5, 0.6) is 0 Å². The lowest BCUT2D eigenvalue weighted by Crippen LogP contribution is -2.61. The van der Waals surface area contributed by atoms with E-state index < -0.39 is 120 Å². The number of halogens is 1. The first kappa shape index (κ1) is 60.7. The van der Waals surface area contributed by atoms with Gasteiger partial charge in [0.2, 0.25) is 5.91 Å². The molecule has 0 bridgehead atoms. The van der Waals surface area contributed by atoms with Crippen molar-refractivity contribution in [3.05, 3.63) is 35.4 Å². The van der Waals surface area contributed by atoms with Crippen molar-refractivity contribution in [3.63, 3.8) is 0 Å². The first-order valence-electron chi connectivity index (χ1n) is 26.2. The molecule has 0 radical (unpaired) electrons. The Kier molecular flexibility index (Phi) is 21.4. The highest BCUT2D eigenvalue weighted by atomic mass is 19.1. The molecule has 18 nitrogen and oxygen atoms in total. The summed E-state index contributed by atoms with van der Waals surface area (Å²) in [6.07, 6.45) is -6.31. The lowest BCUT2D eigenvalue weighted by Gasteiger charge is -2.52. The maximum atomic E-state index is 14.7. The maximum absolute atomic E-state index is 14.7. The van der Waals surface area contributed by atoms with Gasteiger partial charge in [-0.2, -0.15) is 0 Å². The summed E-state index contributed by atoms with van der Waals surface area (Å²) in [4.78, 5) is 49.7. The van der Waals surface area contributed by atoms with Gasteiger partial charge in [0.1, 0.15) is 36.4 Å². The van der Waals surface area contributed by atoms with Crippen molar-refractivity contribution in [1.29, 1.82) is 0 Å². The van der Waals surface area contributed by atoms with Crippen LogP contribution >= 0.6 is 0 Å². The number of methoxy groups -OCH3 is 3. The molecule has 1 amide bonds. The minimum absolute atomic E-state index is 0.0603. The second kappa shape index (κ2) is 25.8. The van der Waals surface area contributed by atoms with Gasteiger partial charge in [0, 0.05) is 77.4 Å². The quantitative estimate of drug-likeness (QED) is 0.132. The lowest BCUT2D eigenvalue weighted by molar-refractivity contribution is -0.278. The molecule has 19 heteroatoms. The number of aliphatic hydroxyl groups is 4. The molecule has 416 valence electrons. The molecule has 4 heterocycles. The number of carbonyl (C=O) groups excluding carboxylic acids is 3. The van der Waals surface area contributed by atoms with Crippen molar-refractivity contribution >= 4 is 23.4 Å². The molecule has 5 N–H and O–H groups in total. The molecule has 1 aromatic rings. The molecule has 0 saturated carbocycles.